The molecule has 0 aromatic carbocycles. The van der Waals surface area contributed by atoms with E-state index < -0.39 is 17.2 Å². The Bertz CT molecular complexity index is 637. The second-order valence-corrected chi connectivity index (χ2v) is 5.45. The van der Waals surface area contributed by atoms with Crippen molar-refractivity contribution in [2.45, 2.75) is 30.8 Å². The predicted octanol–water partition coefficient (Wildman–Crippen LogP) is 1.23. The molecule has 8 nitrogen and oxygen atoms in total. The molecule has 0 saturated heterocycles. The summed E-state index contributed by atoms with van der Waals surface area (Å²) in [4.78, 5) is 22.4. The smallest absolute Gasteiger partial charge is 0.318 e. The second kappa shape index (κ2) is 6.44. The van der Waals surface area contributed by atoms with Crippen molar-refractivity contribution in [3.8, 4) is 11.6 Å². The third kappa shape index (κ3) is 3.43. The van der Waals surface area contributed by atoms with Gasteiger partial charge >= 0.3 is 6.03 Å². The van der Waals surface area contributed by atoms with E-state index in [9.17, 15) is 9.59 Å². The van der Waals surface area contributed by atoms with Crippen LogP contribution >= 0.6 is 11.8 Å². The van der Waals surface area contributed by atoms with E-state index in [1.54, 1.807) is 25.3 Å². The largest absolute Gasteiger partial charge is 0.461 e. The number of rotatable bonds is 5. The lowest BCUT2D eigenvalue weighted by molar-refractivity contribution is -0.119. The zero-order valence-corrected chi connectivity index (χ0v) is 12.4. The maximum absolute atomic E-state index is 11.7. The molecule has 0 aliphatic rings. The average Bonchev–Trinajstić information content (AvgIpc) is 3.05. The van der Waals surface area contributed by atoms with Crippen molar-refractivity contribution >= 4 is 23.7 Å². The molecule has 0 aliphatic carbocycles. The highest BCUT2D eigenvalue weighted by atomic mass is 32.2. The number of nitrogens with two attached hydrogens (primary N) is 1. The van der Waals surface area contributed by atoms with Crippen LogP contribution in [0.3, 0.4) is 0 Å². The van der Waals surface area contributed by atoms with E-state index in [1.165, 1.54) is 11.8 Å². The number of nitrogens with one attached hydrogen (secondary N) is 1. The topological polar surface area (TPSA) is 116 Å². The summed E-state index contributed by atoms with van der Waals surface area (Å²) in [5.41, 5.74) is 4.92. The van der Waals surface area contributed by atoms with E-state index in [4.69, 9.17) is 10.2 Å². The molecule has 2 aromatic rings. The summed E-state index contributed by atoms with van der Waals surface area (Å²) < 4.78 is 7.14. The van der Waals surface area contributed by atoms with Gasteiger partial charge in [-0.3, -0.25) is 14.7 Å². The lowest BCUT2D eigenvalue weighted by atomic mass is 10.4. The maximum atomic E-state index is 11.7. The number of urea groups is 1. The van der Waals surface area contributed by atoms with Crippen LogP contribution in [0.2, 0.25) is 0 Å². The number of hydrogen-bond donors (Lipinski definition) is 2. The number of hydrogen-bond acceptors (Lipinski definition) is 6. The van der Waals surface area contributed by atoms with Gasteiger partial charge in [-0.25, -0.2) is 4.79 Å². The molecule has 2 aromatic heterocycles. The highest BCUT2D eigenvalue weighted by molar-refractivity contribution is 8.00. The molecule has 0 aliphatic heterocycles. The number of carbonyl (C=O) groups excluding carboxylic acids is 2. The van der Waals surface area contributed by atoms with Crippen molar-refractivity contribution in [3.05, 3.63) is 18.4 Å². The van der Waals surface area contributed by atoms with Gasteiger partial charge in [-0.1, -0.05) is 11.8 Å². The summed E-state index contributed by atoms with van der Waals surface area (Å²) in [7, 11) is 0. The standard InChI is InChI=1S/C12H15N5O3S/c1-3-17-9(8-5-4-6-20-8)15-16-12(17)21-7(2)10(18)14-11(13)19/h4-7H,3H2,1-2H3,(H3,13,14,18,19)/t7-/m0/s1. The number of amides is 3. The summed E-state index contributed by atoms with van der Waals surface area (Å²) in [6.45, 7) is 4.22. The normalized spacial score (nSPS) is 12.1. The van der Waals surface area contributed by atoms with E-state index in [2.05, 4.69) is 10.2 Å². The fourth-order valence-corrected chi connectivity index (χ4v) is 2.60. The van der Waals surface area contributed by atoms with Gasteiger partial charge in [-0.05, 0) is 26.0 Å². The first kappa shape index (κ1) is 15.1. The zero-order valence-electron chi connectivity index (χ0n) is 11.6. The van der Waals surface area contributed by atoms with Gasteiger partial charge in [-0.2, -0.15) is 0 Å². The zero-order chi connectivity index (χ0) is 15.4. The van der Waals surface area contributed by atoms with E-state index in [1.807, 2.05) is 16.8 Å². The Hall–Kier alpha value is -2.29. The Kier molecular flexibility index (Phi) is 4.63. The van der Waals surface area contributed by atoms with Crippen LogP contribution in [0.15, 0.2) is 28.0 Å². The molecule has 1 atom stereocenters. The van der Waals surface area contributed by atoms with Gasteiger partial charge in [0.05, 0.1) is 11.5 Å². The van der Waals surface area contributed by atoms with Crippen LogP contribution in [-0.4, -0.2) is 32.0 Å². The van der Waals surface area contributed by atoms with Crippen LogP contribution in [0.25, 0.3) is 11.6 Å². The fraction of sp³-hybridized carbons (Fsp3) is 0.333. The van der Waals surface area contributed by atoms with Crippen LogP contribution in [-0.2, 0) is 11.3 Å². The molecular weight excluding hydrogens is 294 g/mol. The first-order chi connectivity index (χ1) is 10.0. The second-order valence-electron chi connectivity index (χ2n) is 4.14. The number of aromatic nitrogens is 3. The summed E-state index contributed by atoms with van der Waals surface area (Å²) in [5, 5.41) is 10.2. The molecule has 3 amide bonds. The quantitative estimate of drug-likeness (QED) is 0.802. The Morgan fingerprint density at radius 3 is 2.86 bits per heavy atom. The Balaban J connectivity index is 2.18. The summed E-state index contributed by atoms with van der Waals surface area (Å²) in [5.74, 6) is 0.718. The van der Waals surface area contributed by atoms with Gasteiger partial charge in [0, 0.05) is 6.54 Å². The van der Waals surface area contributed by atoms with Crippen LogP contribution in [0, 0.1) is 0 Å². The van der Waals surface area contributed by atoms with Crippen molar-refractivity contribution in [3.63, 3.8) is 0 Å². The molecule has 0 fully saturated rings. The monoisotopic (exact) mass is 309 g/mol. The number of imide groups is 1. The molecule has 9 heteroatoms. The number of primary amides is 1. The van der Waals surface area contributed by atoms with E-state index in [0.717, 1.165) is 0 Å². The molecule has 2 rings (SSSR count). The number of furan rings is 1. The predicted molar refractivity (Wildman–Crippen MR) is 76.4 cm³/mol. The van der Waals surface area contributed by atoms with Crippen molar-refractivity contribution in [1.82, 2.24) is 20.1 Å². The molecule has 112 valence electrons. The summed E-state index contributed by atoms with van der Waals surface area (Å²) in [6, 6.07) is 2.67. The van der Waals surface area contributed by atoms with E-state index in [0.29, 0.717) is 23.3 Å². The maximum Gasteiger partial charge on any atom is 0.318 e. The highest BCUT2D eigenvalue weighted by Crippen LogP contribution is 2.26. The molecule has 0 saturated carbocycles. The van der Waals surface area contributed by atoms with Crippen molar-refractivity contribution in [1.29, 1.82) is 0 Å². The van der Waals surface area contributed by atoms with Crippen molar-refractivity contribution in [2.75, 3.05) is 0 Å². The third-order valence-electron chi connectivity index (χ3n) is 2.67. The first-order valence-corrected chi connectivity index (χ1v) is 7.15. The molecule has 0 bridgehead atoms. The third-order valence-corrected chi connectivity index (χ3v) is 3.75. The van der Waals surface area contributed by atoms with Gasteiger partial charge in [0.2, 0.25) is 5.91 Å². The Morgan fingerprint density at radius 1 is 1.52 bits per heavy atom. The highest BCUT2D eigenvalue weighted by Gasteiger charge is 2.21. The van der Waals surface area contributed by atoms with Gasteiger partial charge < -0.3 is 10.2 Å². The van der Waals surface area contributed by atoms with Crippen molar-refractivity contribution < 1.29 is 14.0 Å². The lowest BCUT2D eigenvalue weighted by Crippen LogP contribution is -2.39. The van der Waals surface area contributed by atoms with Crippen molar-refractivity contribution in [2.24, 2.45) is 5.73 Å². The van der Waals surface area contributed by atoms with Gasteiger partial charge in [-0.15, -0.1) is 10.2 Å². The molecule has 21 heavy (non-hydrogen) atoms. The van der Waals surface area contributed by atoms with E-state index in [-0.39, 0.29) is 0 Å². The van der Waals surface area contributed by atoms with Crippen LogP contribution in [0.5, 0.6) is 0 Å². The van der Waals surface area contributed by atoms with Gasteiger partial charge in [0.15, 0.2) is 16.7 Å². The molecule has 2 heterocycles. The van der Waals surface area contributed by atoms with Crippen LogP contribution in [0.4, 0.5) is 4.79 Å². The molecule has 0 radical (unpaired) electrons. The first-order valence-electron chi connectivity index (χ1n) is 6.27. The lowest BCUT2D eigenvalue weighted by Gasteiger charge is -2.10. The van der Waals surface area contributed by atoms with E-state index >= 15 is 0 Å². The Labute approximate surface area is 125 Å². The Morgan fingerprint density at radius 2 is 2.29 bits per heavy atom. The van der Waals surface area contributed by atoms with Gasteiger partial charge in [0.25, 0.3) is 0 Å². The number of carbonyl (C=O) groups is 2. The molecule has 3 N–H and O–H groups in total. The average molecular weight is 309 g/mol. The number of nitrogens with zero attached hydrogens (tertiary/aromatic N) is 3. The minimum atomic E-state index is -0.874. The summed E-state index contributed by atoms with van der Waals surface area (Å²) in [6.07, 6.45) is 1.56. The minimum Gasteiger partial charge on any atom is -0.461 e. The molecular formula is C12H15N5O3S. The number of thioether (sulfide) groups is 1. The van der Waals surface area contributed by atoms with Crippen LogP contribution < -0.4 is 11.1 Å². The summed E-state index contributed by atoms with van der Waals surface area (Å²) >= 11 is 1.19. The fourth-order valence-electron chi connectivity index (χ4n) is 1.68. The van der Waals surface area contributed by atoms with Crippen LogP contribution in [0.1, 0.15) is 13.8 Å². The molecule has 0 spiro atoms. The SMILES string of the molecule is CCn1c(S[C@@H](C)C(=O)NC(N)=O)nnc1-c1ccco1. The minimum absolute atomic E-state index is 0.474. The van der Waals surface area contributed by atoms with Gasteiger partial charge in [0.1, 0.15) is 0 Å². The molecule has 0 unspecified atom stereocenters.